The van der Waals surface area contributed by atoms with Crippen molar-refractivity contribution in [3.05, 3.63) is 99.1 Å². The molecule has 0 radical (unpaired) electrons. The second-order valence-corrected chi connectivity index (χ2v) is 7.21. The minimum absolute atomic E-state index is 0.0971. The van der Waals surface area contributed by atoms with E-state index in [1.165, 1.54) is 30.5 Å². The molecule has 0 aliphatic carbocycles. The molecule has 0 saturated heterocycles. The summed E-state index contributed by atoms with van der Waals surface area (Å²) in [4.78, 5) is 34.2. The summed E-state index contributed by atoms with van der Waals surface area (Å²) in [5.41, 5.74) is 6.17. The Hall–Kier alpha value is -4.53. The SMILES string of the molecule is Cc1ccc(NC(=O)COc2ccc(/C=N/NC(=O)c3ccc([N+](=O)[O-])cc3)cc2)cc1C. The molecule has 33 heavy (non-hydrogen) atoms. The van der Waals surface area contributed by atoms with Crippen LogP contribution >= 0.6 is 0 Å². The molecule has 9 nitrogen and oxygen atoms in total. The zero-order valence-electron chi connectivity index (χ0n) is 18.1. The van der Waals surface area contributed by atoms with Gasteiger partial charge in [-0.05, 0) is 79.1 Å². The summed E-state index contributed by atoms with van der Waals surface area (Å²) in [6.45, 7) is 3.85. The number of anilines is 1. The molecule has 3 rings (SSSR count). The van der Waals surface area contributed by atoms with Crippen molar-refractivity contribution >= 4 is 29.4 Å². The quantitative estimate of drug-likeness (QED) is 0.308. The number of carbonyl (C=O) groups is 2. The van der Waals surface area contributed by atoms with Gasteiger partial charge in [-0.15, -0.1) is 0 Å². The van der Waals surface area contributed by atoms with Crippen LogP contribution in [0.3, 0.4) is 0 Å². The first kappa shape index (κ1) is 23.1. The molecule has 3 aromatic rings. The molecule has 0 atom stereocenters. The summed E-state index contributed by atoms with van der Waals surface area (Å²) >= 11 is 0. The Balaban J connectivity index is 1.46. The normalized spacial score (nSPS) is 10.6. The third-order valence-corrected chi connectivity index (χ3v) is 4.76. The predicted molar refractivity (Wildman–Crippen MR) is 125 cm³/mol. The molecule has 0 bridgehead atoms. The standard InChI is InChI=1S/C24H22N4O5/c1-16-3-8-20(13-17(16)2)26-23(29)15-33-22-11-4-18(5-12-22)14-25-27-24(30)19-6-9-21(10-7-19)28(31)32/h3-14H,15H2,1-2H3,(H,26,29)(H,27,30)/b25-14+. The first-order valence-corrected chi connectivity index (χ1v) is 9.99. The van der Waals surface area contributed by atoms with Gasteiger partial charge in [0.1, 0.15) is 5.75 Å². The molecule has 168 valence electrons. The van der Waals surface area contributed by atoms with Crippen LogP contribution in [-0.4, -0.2) is 29.6 Å². The zero-order valence-corrected chi connectivity index (χ0v) is 18.1. The van der Waals surface area contributed by atoms with Crippen LogP contribution in [0, 0.1) is 24.0 Å². The van der Waals surface area contributed by atoms with Gasteiger partial charge in [0.25, 0.3) is 17.5 Å². The van der Waals surface area contributed by atoms with Gasteiger partial charge >= 0.3 is 0 Å². The highest BCUT2D eigenvalue weighted by Crippen LogP contribution is 2.15. The number of rotatable bonds is 8. The maximum absolute atomic E-state index is 12.1. The Morgan fingerprint density at radius 3 is 2.33 bits per heavy atom. The van der Waals surface area contributed by atoms with Crippen molar-refractivity contribution in [3.63, 3.8) is 0 Å². The molecule has 0 unspecified atom stereocenters. The molecule has 2 amide bonds. The van der Waals surface area contributed by atoms with Crippen molar-refractivity contribution < 1.29 is 19.2 Å². The maximum Gasteiger partial charge on any atom is 0.271 e. The summed E-state index contributed by atoms with van der Waals surface area (Å²) in [5.74, 6) is -0.244. The molecular formula is C24H22N4O5. The lowest BCUT2D eigenvalue weighted by molar-refractivity contribution is -0.384. The molecule has 2 N–H and O–H groups in total. The van der Waals surface area contributed by atoms with E-state index in [1.807, 2.05) is 32.0 Å². The van der Waals surface area contributed by atoms with Crippen LogP contribution in [0.5, 0.6) is 5.75 Å². The summed E-state index contributed by atoms with van der Waals surface area (Å²) in [7, 11) is 0. The second kappa shape index (κ2) is 10.7. The minimum Gasteiger partial charge on any atom is -0.484 e. The van der Waals surface area contributed by atoms with Gasteiger partial charge in [-0.25, -0.2) is 5.43 Å². The van der Waals surface area contributed by atoms with E-state index >= 15 is 0 Å². The molecule has 0 aliphatic rings. The molecular weight excluding hydrogens is 424 g/mol. The Bertz CT molecular complexity index is 1190. The second-order valence-electron chi connectivity index (χ2n) is 7.21. The van der Waals surface area contributed by atoms with Crippen molar-refractivity contribution in [1.29, 1.82) is 0 Å². The number of nitrogens with zero attached hydrogens (tertiary/aromatic N) is 2. The molecule has 3 aromatic carbocycles. The first-order valence-electron chi connectivity index (χ1n) is 9.99. The van der Waals surface area contributed by atoms with Gasteiger partial charge in [0.15, 0.2) is 6.61 Å². The highest BCUT2D eigenvalue weighted by Gasteiger charge is 2.08. The number of nitrogens with one attached hydrogen (secondary N) is 2. The van der Waals surface area contributed by atoms with E-state index in [-0.39, 0.29) is 23.8 Å². The summed E-state index contributed by atoms with van der Waals surface area (Å²) < 4.78 is 5.50. The Morgan fingerprint density at radius 2 is 1.70 bits per heavy atom. The Kier molecular flexibility index (Phi) is 7.48. The molecule has 0 saturated carbocycles. The summed E-state index contributed by atoms with van der Waals surface area (Å²) in [5, 5.41) is 17.3. The smallest absolute Gasteiger partial charge is 0.271 e. The van der Waals surface area contributed by atoms with E-state index in [1.54, 1.807) is 24.3 Å². The number of non-ortho nitro benzene ring substituents is 1. The van der Waals surface area contributed by atoms with E-state index in [4.69, 9.17) is 4.74 Å². The summed E-state index contributed by atoms with van der Waals surface area (Å²) in [6.07, 6.45) is 1.44. The topological polar surface area (TPSA) is 123 Å². The van der Waals surface area contributed by atoms with Crippen LogP contribution < -0.4 is 15.5 Å². The number of hydrazone groups is 1. The number of ether oxygens (including phenoxy) is 1. The largest absolute Gasteiger partial charge is 0.484 e. The van der Waals surface area contributed by atoms with E-state index in [2.05, 4.69) is 15.8 Å². The van der Waals surface area contributed by atoms with Crippen LogP contribution in [-0.2, 0) is 4.79 Å². The van der Waals surface area contributed by atoms with Crippen molar-refractivity contribution in [2.45, 2.75) is 13.8 Å². The first-order chi connectivity index (χ1) is 15.8. The van der Waals surface area contributed by atoms with Crippen molar-refractivity contribution in [3.8, 4) is 5.75 Å². The lowest BCUT2D eigenvalue weighted by atomic mass is 10.1. The van der Waals surface area contributed by atoms with Crippen molar-refractivity contribution in [1.82, 2.24) is 5.43 Å². The van der Waals surface area contributed by atoms with Gasteiger partial charge in [0.2, 0.25) is 0 Å². The van der Waals surface area contributed by atoms with Crippen molar-refractivity contribution in [2.75, 3.05) is 11.9 Å². The van der Waals surface area contributed by atoms with Gasteiger partial charge < -0.3 is 10.1 Å². The Morgan fingerprint density at radius 1 is 1.00 bits per heavy atom. The van der Waals surface area contributed by atoms with Gasteiger partial charge in [0, 0.05) is 23.4 Å². The van der Waals surface area contributed by atoms with Crippen LogP contribution in [0.25, 0.3) is 0 Å². The fourth-order valence-corrected chi connectivity index (χ4v) is 2.78. The number of carbonyl (C=O) groups excluding carboxylic acids is 2. The highest BCUT2D eigenvalue weighted by molar-refractivity contribution is 5.95. The van der Waals surface area contributed by atoms with E-state index in [0.29, 0.717) is 17.0 Å². The number of aryl methyl sites for hydroxylation is 2. The van der Waals surface area contributed by atoms with Gasteiger partial charge in [-0.1, -0.05) is 6.07 Å². The average molecular weight is 446 g/mol. The Labute approximate surface area is 190 Å². The number of nitro groups is 1. The fourth-order valence-electron chi connectivity index (χ4n) is 2.78. The number of amides is 2. The van der Waals surface area contributed by atoms with Crippen LogP contribution in [0.15, 0.2) is 71.8 Å². The third kappa shape index (κ3) is 6.73. The minimum atomic E-state index is -0.537. The third-order valence-electron chi connectivity index (χ3n) is 4.76. The number of hydrogen-bond acceptors (Lipinski definition) is 6. The van der Waals surface area contributed by atoms with Crippen LogP contribution in [0.1, 0.15) is 27.0 Å². The number of benzene rings is 3. The molecule has 0 aliphatic heterocycles. The zero-order chi connectivity index (χ0) is 23.8. The fraction of sp³-hybridized carbons (Fsp3) is 0.125. The van der Waals surface area contributed by atoms with Gasteiger partial charge in [-0.2, -0.15) is 5.10 Å². The molecule has 0 fully saturated rings. The highest BCUT2D eigenvalue weighted by atomic mass is 16.6. The molecule has 0 heterocycles. The summed E-state index contributed by atoms with van der Waals surface area (Å²) in [6, 6.07) is 17.7. The average Bonchev–Trinajstić information content (AvgIpc) is 2.81. The van der Waals surface area contributed by atoms with E-state index in [0.717, 1.165) is 11.1 Å². The van der Waals surface area contributed by atoms with E-state index in [9.17, 15) is 19.7 Å². The number of nitro benzene ring substituents is 1. The van der Waals surface area contributed by atoms with Crippen molar-refractivity contribution in [2.24, 2.45) is 5.10 Å². The molecule has 9 heteroatoms. The lowest BCUT2D eigenvalue weighted by Gasteiger charge is -2.09. The predicted octanol–water partition coefficient (Wildman–Crippen LogP) is 3.99. The maximum atomic E-state index is 12.1. The monoisotopic (exact) mass is 446 g/mol. The van der Waals surface area contributed by atoms with Crippen LogP contribution in [0.4, 0.5) is 11.4 Å². The molecule has 0 spiro atoms. The van der Waals surface area contributed by atoms with Gasteiger partial charge in [-0.3, -0.25) is 19.7 Å². The number of hydrogen-bond donors (Lipinski definition) is 2. The van der Waals surface area contributed by atoms with Crippen LogP contribution in [0.2, 0.25) is 0 Å². The van der Waals surface area contributed by atoms with E-state index < -0.39 is 10.8 Å². The molecule has 0 aromatic heterocycles. The van der Waals surface area contributed by atoms with Gasteiger partial charge in [0.05, 0.1) is 11.1 Å². The lowest BCUT2D eigenvalue weighted by Crippen LogP contribution is -2.20.